The van der Waals surface area contributed by atoms with E-state index in [2.05, 4.69) is 10.6 Å². The molecule has 2 aliphatic heterocycles. The van der Waals surface area contributed by atoms with Crippen LogP contribution < -0.4 is 10.6 Å². The van der Waals surface area contributed by atoms with E-state index in [1.807, 2.05) is 38.1 Å². The quantitative estimate of drug-likeness (QED) is 0.892. The van der Waals surface area contributed by atoms with Gasteiger partial charge in [0, 0.05) is 18.8 Å². The number of hydrogen-bond acceptors (Lipinski definition) is 4. The second kappa shape index (κ2) is 5.66. The fourth-order valence-corrected chi connectivity index (χ4v) is 2.94. The number of carbonyl (C=O) groups excluding carboxylic acids is 1. The van der Waals surface area contributed by atoms with Crippen molar-refractivity contribution >= 4 is 11.6 Å². The lowest BCUT2D eigenvalue weighted by atomic mass is 9.90. The Morgan fingerprint density at radius 3 is 3.00 bits per heavy atom. The standard InChI is InChI=1S/C16H22N2O3/c1-16(2)20-10-11(21-16)9-18-15(19)13-7-8-17-14-6-4-3-5-12(13)14/h3-6,11,13,17H,7-10H2,1-2H3,(H,18,19). The van der Waals surface area contributed by atoms with Crippen LogP contribution in [0.1, 0.15) is 31.7 Å². The Bertz CT molecular complexity index is 530. The maximum atomic E-state index is 12.4. The van der Waals surface area contributed by atoms with Crippen LogP contribution >= 0.6 is 0 Å². The van der Waals surface area contributed by atoms with E-state index in [-0.39, 0.29) is 17.9 Å². The van der Waals surface area contributed by atoms with E-state index in [0.717, 1.165) is 24.2 Å². The number of anilines is 1. The van der Waals surface area contributed by atoms with Crippen molar-refractivity contribution in [3.8, 4) is 0 Å². The third kappa shape index (κ3) is 3.19. The summed E-state index contributed by atoms with van der Waals surface area (Å²) in [7, 11) is 0. The molecule has 1 aromatic rings. The van der Waals surface area contributed by atoms with Crippen molar-refractivity contribution in [2.24, 2.45) is 0 Å². The molecule has 0 aromatic heterocycles. The maximum absolute atomic E-state index is 12.4. The Labute approximate surface area is 125 Å². The Morgan fingerprint density at radius 2 is 2.24 bits per heavy atom. The lowest BCUT2D eigenvalue weighted by Gasteiger charge is -2.26. The summed E-state index contributed by atoms with van der Waals surface area (Å²) in [6.45, 7) is 5.62. The summed E-state index contributed by atoms with van der Waals surface area (Å²) in [5, 5.41) is 6.33. The highest BCUT2D eigenvalue weighted by atomic mass is 16.7. The molecule has 0 saturated carbocycles. The van der Waals surface area contributed by atoms with E-state index in [0.29, 0.717) is 13.2 Å². The van der Waals surface area contributed by atoms with Crippen LogP contribution in [0.2, 0.25) is 0 Å². The summed E-state index contributed by atoms with van der Waals surface area (Å²) in [4.78, 5) is 12.4. The Morgan fingerprint density at radius 1 is 1.43 bits per heavy atom. The van der Waals surface area contributed by atoms with Gasteiger partial charge in [0.2, 0.25) is 5.91 Å². The normalized spacial score (nSPS) is 26.8. The largest absolute Gasteiger partial charge is 0.385 e. The van der Waals surface area contributed by atoms with Crippen molar-refractivity contribution in [1.82, 2.24) is 5.32 Å². The zero-order valence-corrected chi connectivity index (χ0v) is 12.5. The Kier molecular flexibility index (Phi) is 3.87. The average molecular weight is 290 g/mol. The zero-order valence-electron chi connectivity index (χ0n) is 12.5. The highest BCUT2D eigenvalue weighted by molar-refractivity contribution is 5.86. The number of para-hydroxylation sites is 1. The van der Waals surface area contributed by atoms with E-state index >= 15 is 0 Å². The summed E-state index contributed by atoms with van der Waals surface area (Å²) in [6, 6.07) is 8.00. The Balaban J connectivity index is 1.59. The topological polar surface area (TPSA) is 59.6 Å². The molecule has 114 valence electrons. The summed E-state index contributed by atoms with van der Waals surface area (Å²) in [6.07, 6.45) is 0.747. The fraction of sp³-hybridized carbons (Fsp3) is 0.562. The van der Waals surface area contributed by atoms with Crippen LogP contribution in [-0.4, -0.2) is 37.5 Å². The molecule has 0 bridgehead atoms. The first kappa shape index (κ1) is 14.4. The molecule has 2 unspecified atom stereocenters. The molecule has 2 atom stereocenters. The van der Waals surface area contributed by atoms with E-state index < -0.39 is 5.79 Å². The van der Waals surface area contributed by atoms with Gasteiger partial charge >= 0.3 is 0 Å². The van der Waals surface area contributed by atoms with Gasteiger partial charge in [-0.05, 0) is 31.9 Å². The zero-order chi connectivity index (χ0) is 14.9. The third-order valence-corrected chi connectivity index (χ3v) is 3.97. The first-order valence-electron chi connectivity index (χ1n) is 7.47. The molecule has 1 fully saturated rings. The van der Waals surface area contributed by atoms with Crippen LogP contribution in [0, 0.1) is 0 Å². The number of hydrogen-bond donors (Lipinski definition) is 2. The van der Waals surface area contributed by atoms with E-state index in [4.69, 9.17) is 9.47 Å². The van der Waals surface area contributed by atoms with Gasteiger partial charge in [0.15, 0.2) is 5.79 Å². The lowest BCUT2D eigenvalue weighted by Crippen LogP contribution is -2.38. The maximum Gasteiger partial charge on any atom is 0.227 e. The number of benzene rings is 1. The molecule has 2 heterocycles. The van der Waals surface area contributed by atoms with Crippen molar-refractivity contribution in [3.05, 3.63) is 29.8 Å². The van der Waals surface area contributed by atoms with Crippen molar-refractivity contribution in [1.29, 1.82) is 0 Å². The van der Waals surface area contributed by atoms with Gasteiger partial charge in [0.25, 0.3) is 0 Å². The average Bonchev–Trinajstić information content (AvgIpc) is 2.83. The van der Waals surface area contributed by atoms with Crippen LogP contribution in [0.4, 0.5) is 5.69 Å². The van der Waals surface area contributed by atoms with Gasteiger partial charge in [-0.2, -0.15) is 0 Å². The summed E-state index contributed by atoms with van der Waals surface area (Å²) < 4.78 is 11.2. The van der Waals surface area contributed by atoms with Crippen molar-refractivity contribution in [3.63, 3.8) is 0 Å². The third-order valence-electron chi connectivity index (χ3n) is 3.97. The number of ether oxygens (including phenoxy) is 2. The van der Waals surface area contributed by atoms with Crippen molar-refractivity contribution in [2.45, 2.75) is 38.1 Å². The molecule has 2 aliphatic rings. The molecule has 1 amide bonds. The van der Waals surface area contributed by atoms with Crippen LogP contribution in [0.5, 0.6) is 0 Å². The molecule has 5 heteroatoms. The number of carbonyl (C=O) groups is 1. The predicted molar refractivity (Wildman–Crippen MR) is 80.2 cm³/mol. The molecule has 1 saturated heterocycles. The molecule has 0 spiro atoms. The second-order valence-corrected chi connectivity index (χ2v) is 6.05. The molecular weight excluding hydrogens is 268 g/mol. The summed E-state index contributed by atoms with van der Waals surface area (Å²) in [5.41, 5.74) is 2.13. The van der Waals surface area contributed by atoms with E-state index in [9.17, 15) is 4.79 Å². The van der Waals surface area contributed by atoms with Crippen molar-refractivity contribution in [2.75, 3.05) is 25.0 Å². The smallest absolute Gasteiger partial charge is 0.227 e. The lowest BCUT2D eigenvalue weighted by molar-refractivity contribution is -0.139. The van der Waals surface area contributed by atoms with Gasteiger partial charge in [-0.3, -0.25) is 4.79 Å². The van der Waals surface area contributed by atoms with Gasteiger partial charge in [-0.25, -0.2) is 0 Å². The molecule has 1 aromatic carbocycles. The van der Waals surface area contributed by atoms with Crippen molar-refractivity contribution < 1.29 is 14.3 Å². The minimum absolute atomic E-state index is 0.0669. The first-order chi connectivity index (χ1) is 10.1. The summed E-state index contributed by atoms with van der Waals surface area (Å²) >= 11 is 0. The van der Waals surface area contributed by atoms with Crippen LogP contribution in [0.3, 0.4) is 0 Å². The first-order valence-corrected chi connectivity index (χ1v) is 7.47. The van der Waals surface area contributed by atoms with Crippen LogP contribution in [-0.2, 0) is 14.3 Å². The minimum atomic E-state index is -0.545. The summed E-state index contributed by atoms with van der Waals surface area (Å²) in [5.74, 6) is -0.563. The second-order valence-electron chi connectivity index (χ2n) is 6.05. The molecule has 2 N–H and O–H groups in total. The van der Waals surface area contributed by atoms with Crippen LogP contribution in [0.25, 0.3) is 0 Å². The molecule has 3 rings (SSSR count). The highest BCUT2D eigenvalue weighted by Crippen LogP contribution is 2.31. The highest BCUT2D eigenvalue weighted by Gasteiger charge is 2.33. The van der Waals surface area contributed by atoms with Gasteiger partial charge in [-0.15, -0.1) is 0 Å². The molecular formula is C16H22N2O3. The minimum Gasteiger partial charge on any atom is -0.385 e. The van der Waals surface area contributed by atoms with Gasteiger partial charge in [0.05, 0.1) is 12.5 Å². The SMILES string of the molecule is CC1(C)OCC(CNC(=O)C2CCNc3ccccc32)O1. The van der Waals surface area contributed by atoms with Gasteiger partial charge in [-0.1, -0.05) is 18.2 Å². The predicted octanol–water partition coefficient (Wildman–Crippen LogP) is 1.85. The van der Waals surface area contributed by atoms with E-state index in [1.165, 1.54) is 0 Å². The number of rotatable bonds is 3. The van der Waals surface area contributed by atoms with Crippen LogP contribution in [0.15, 0.2) is 24.3 Å². The number of nitrogens with one attached hydrogen (secondary N) is 2. The fourth-order valence-electron chi connectivity index (χ4n) is 2.94. The molecule has 0 aliphatic carbocycles. The molecule has 5 nitrogen and oxygen atoms in total. The van der Waals surface area contributed by atoms with Gasteiger partial charge < -0.3 is 20.1 Å². The van der Waals surface area contributed by atoms with E-state index in [1.54, 1.807) is 0 Å². The van der Waals surface area contributed by atoms with Gasteiger partial charge in [0.1, 0.15) is 6.10 Å². The number of fused-ring (bicyclic) bond motifs is 1. The molecule has 0 radical (unpaired) electrons. The monoisotopic (exact) mass is 290 g/mol. The number of amides is 1. The Hall–Kier alpha value is -1.59. The molecule has 21 heavy (non-hydrogen) atoms.